The highest BCUT2D eigenvalue weighted by Gasteiger charge is 2.38. The second-order valence-electron chi connectivity index (χ2n) is 4.52. The molecule has 2 atom stereocenters. The van der Waals surface area contributed by atoms with Crippen molar-refractivity contribution in [2.75, 3.05) is 6.61 Å². The molecule has 2 rings (SSSR count). The maximum Gasteiger partial charge on any atom is 0.108 e. The van der Waals surface area contributed by atoms with Crippen molar-refractivity contribution in [2.45, 2.75) is 38.4 Å². The van der Waals surface area contributed by atoms with Crippen molar-refractivity contribution >= 4 is 0 Å². The molecule has 1 heterocycles. The van der Waals surface area contributed by atoms with Crippen LogP contribution < -0.4 is 0 Å². The van der Waals surface area contributed by atoms with E-state index in [9.17, 15) is 5.11 Å². The quantitative estimate of drug-likeness (QED) is 0.806. The number of rotatable bonds is 2. The second kappa shape index (κ2) is 3.95. The molecule has 1 fully saturated rings. The fourth-order valence-corrected chi connectivity index (χ4v) is 2.24. The van der Waals surface area contributed by atoms with E-state index in [4.69, 9.17) is 4.74 Å². The van der Waals surface area contributed by atoms with Crippen molar-refractivity contribution in [3.63, 3.8) is 0 Å². The van der Waals surface area contributed by atoms with Crippen molar-refractivity contribution in [2.24, 2.45) is 0 Å². The summed E-state index contributed by atoms with van der Waals surface area (Å²) in [5.74, 6) is 0. The summed E-state index contributed by atoms with van der Waals surface area (Å²) in [5, 5.41) is 10.3. The van der Waals surface area contributed by atoms with E-state index in [1.54, 1.807) is 0 Å². The maximum absolute atomic E-state index is 10.3. The highest BCUT2D eigenvalue weighted by atomic mass is 16.5. The van der Waals surface area contributed by atoms with Crippen LogP contribution in [0.3, 0.4) is 0 Å². The smallest absolute Gasteiger partial charge is 0.108 e. The maximum atomic E-state index is 10.3. The van der Waals surface area contributed by atoms with Gasteiger partial charge in [-0.05, 0) is 37.8 Å². The van der Waals surface area contributed by atoms with Crippen LogP contribution in [-0.2, 0) is 4.74 Å². The Morgan fingerprint density at radius 2 is 2.13 bits per heavy atom. The topological polar surface area (TPSA) is 29.5 Å². The van der Waals surface area contributed by atoms with E-state index in [-0.39, 0.29) is 0 Å². The summed E-state index contributed by atoms with van der Waals surface area (Å²) in [5.41, 5.74) is 1.72. The van der Waals surface area contributed by atoms with Crippen LogP contribution in [0.15, 0.2) is 24.3 Å². The highest BCUT2D eigenvalue weighted by molar-refractivity contribution is 5.29. The molecule has 1 N–H and O–H groups in total. The van der Waals surface area contributed by atoms with Gasteiger partial charge in [-0.15, -0.1) is 0 Å². The predicted octanol–water partition coefficient (Wildman–Crippen LogP) is 2.60. The normalized spacial score (nSPS) is 27.9. The average molecular weight is 206 g/mol. The van der Waals surface area contributed by atoms with Gasteiger partial charge in [0.15, 0.2) is 0 Å². The van der Waals surface area contributed by atoms with E-state index in [2.05, 4.69) is 0 Å². The van der Waals surface area contributed by atoms with Crippen LogP contribution in [0.1, 0.15) is 37.0 Å². The Morgan fingerprint density at radius 3 is 2.73 bits per heavy atom. The van der Waals surface area contributed by atoms with E-state index < -0.39 is 11.7 Å². The standard InChI is InChI=1S/C13H18O2/c1-10-6-3-4-7-11(10)12(14)13(2)8-5-9-15-13/h3-4,6-7,12,14H,5,8-9H2,1-2H3. The molecule has 0 aromatic heterocycles. The summed E-state index contributed by atoms with van der Waals surface area (Å²) in [4.78, 5) is 0. The van der Waals surface area contributed by atoms with Crippen molar-refractivity contribution < 1.29 is 9.84 Å². The molecule has 0 spiro atoms. The third-order valence-electron chi connectivity index (χ3n) is 3.31. The summed E-state index contributed by atoms with van der Waals surface area (Å²) in [7, 11) is 0. The molecular formula is C13H18O2. The monoisotopic (exact) mass is 206 g/mol. The minimum absolute atomic E-state index is 0.397. The van der Waals surface area contributed by atoms with Crippen LogP contribution in [0.4, 0.5) is 0 Å². The number of benzene rings is 1. The Hall–Kier alpha value is -0.860. The largest absolute Gasteiger partial charge is 0.385 e. The van der Waals surface area contributed by atoms with Crippen LogP contribution in [0.25, 0.3) is 0 Å². The average Bonchev–Trinajstić information content (AvgIpc) is 2.66. The van der Waals surface area contributed by atoms with Gasteiger partial charge in [0.25, 0.3) is 0 Å². The molecule has 1 aromatic rings. The summed E-state index contributed by atoms with van der Waals surface area (Å²) >= 11 is 0. The number of hydrogen-bond acceptors (Lipinski definition) is 2. The lowest BCUT2D eigenvalue weighted by Gasteiger charge is -2.30. The first-order valence-corrected chi connectivity index (χ1v) is 5.51. The van der Waals surface area contributed by atoms with Crippen LogP contribution >= 0.6 is 0 Å². The van der Waals surface area contributed by atoms with Gasteiger partial charge >= 0.3 is 0 Å². The zero-order chi connectivity index (χ0) is 10.9. The molecule has 82 valence electrons. The molecule has 0 aliphatic carbocycles. The van der Waals surface area contributed by atoms with E-state index in [0.29, 0.717) is 0 Å². The zero-order valence-corrected chi connectivity index (χ0v) is 9.36. The van der Waals surface area contributed by atoms with Crippen molar-refractivity contribution in [3.8, 4) is 0 Å². The molecule has 1 saturated heterocycles. The second-order valence-corrected chi connectivity index (χ2v) is 4.52. The lowest BCUT2D eigenvalue weighted by Crippen LogP contribution is -2.32. The Kier molecular flexibility index (Phi) is 2.81. The molecule has 0 saturated carbocycles. The Balaban J connectivity index is 2.27. The first kappa shape index (κ1) is 10.7. The molecule has 0 radical (unpaired) electrons. The van der Waals surface area contributed by atoms with Gasteiger partial charge in [0.2, 0.25) is 0 Å². The fraction of sp³-hybridized carbons (Fsp3) is 0.538. The van der Waals surface area contributed by atoms with Gasteiger partial charge in [-0.1, -0.05) is 24.3 Å². The Morgan fingerprint density at radius 1 is 1.40 bits per heavy atom. The number of hydrogen-bond donors (Lipinski definition) is 1. The zero-order valence-electron chi connectivity index (χ0n) is 9.36. The SMILES string of the molecule is Cc1ccccc1C(O)C1(C)CCCO1. The fourth-order valence-electron chi connectivity index (χ4n) is 2.24. The van der Waals surface area contributed by atoms with Gasteiger partial charge in [-0.25, -0.2) is 0 Å². The lowest BCUT2D eigenvalue weighted by atomic mass is 9.88. The molecule has 1 aliphatic heterocycles. The number of ether oxygens (including phenoxy) is 1. The van der Waals surface area contributed by atoms with Gasteiger partial charge in [-0.3, -0.25) is 0 Å². The van der Waals surface area contributed by atoms with Crippen LogP contribution in [0, 0.1) is 6.92 Å². The van der Waals surface area contributed by atoms with Crippen LogP contribution in [0.5, 0.6) is 0 Å². The third-order valence-corrected chi connectivity index (χ3v) is 3.31. The van der Waals surface area contributed by atoms with Crippen LogP contribution in [-0.4, -0.2) is 17.3 Å². The molecule has 2 heteroatoms. The van der Waals surface area contributed by atoms with Gasteiger partial charge in [0, 0.05) is 6.61 Å². The van der Waals surface area contributed by atoms with Gasteiger partial charge in [-0.2, -0.15) is 0 Å². The van der Waals surface area contributed by atoms with Crippen LogP contribution in [0.2, 0.25) is 0 Å². The number of aliphatic hydroxyl groups excluding tert-OH is 1. The first-order chi connectivity index (χ1) is 7.13. The minimum atomic E-state index is -0.513. The van der Waals surface area contributed by atoms with Gasteiger partial charge in [0.05, 0.1) is 5.60 Å². The van der Waals surface area contributed by atoms with Crippen molar-refractivity contribution in [1.82, 2.24) is 0 Å². The predicted molar refractivity (Wildman–Crippen MR) is 59.7 cm³/mol. The molecule has 2 unspecified atom stereocenters. The summed E-state index contributed by atoms with van der Waals surface area (Å²) in [6.07, 6.45) is 1.46. The third kappa shape index (κ3) is 1.92. The minimum Gasteiger partial charge on any atom is -0.385 e. The highest BCUT2D eigenvalue weighted by Crippen LogP contribution is 2.38. The van der Waals surface area contributed by atoms with Gasteiger partial charge in [0.1, 0.15) is 6.10 Å². The molecule has 1 aliphatic rings. The summed E-state index contributed by atoms with van der Waals surface area (Å²) < 4.78 is 5.66. The molecule has 2 nitrogen and oxygen atoms in total. The van der Waals surface area contributed by atoms with Gasteiger partial charge < -0.3 is 9.84 Å². The van der Waals surface area contributed by atoms with E-state index in [0.717, 1.165) is 30.6 Å². The van der Waals surface area contributed by atoms with E-state index >= 15 is 0 Å². The molecular weight excluding hydrogens is 188 g/mol. The molecule has 0 bridgehead atoms. The Bertz CT molecular complexity index is 340. The molecule has 15 heavy (non-hydrogen) atoms. The van der Waals surface area contributed by atoms with E-state index in [1.807, 2.05) is 38.1 Å². The van der Waals surface area contributed by atoms with Crippen molar-refractivity contribution in [1.29, 1.82) is 0 Å². The Labute approximate surface area is 90.9 Å². The first-order valence-electron chi connectivity index (χ1n) is 5.51. The van der Waals surface area contributed by atoms with Crippen molar-refractivity contribution in [3.05, 3.63) is 35.4 Å². The summed E-state index contributed by atoms with van der Waals surface area (Å²) in [6, 6.07) is 7.96. The number of aryl methyl sites for hydroxylation is 1. The molecule has 0 amide bonds. The summed E-state index contributed by atoms with van der Waals surface area (Å²) in [6.45, 7) is 4.79. The molecule has 1 aromatic carbocycles. The van der Waals surface area contributed by atoms with E-state index in [1.165, 1.54) is 0 Å². The lowest BCUT2D eigenvalue weighted by molar-refractivity contribution is -0.0798. The number of aliphatic hydroxyl groups is 1.